The monoisotopic (exact) mass is 331 g/mol. The molecule has 0 spiro atoms. The molecule has 1 N–H and O–H groups in total. The molecule has 0 aromatic carbocycles. The maximum absolute atomic E-state index is 12.0. The van der Waals surface area contributed by atoms with Gasteiger partial charge in [-0.15, -0.1) is 11.8 Å². The summed E-state index contributed by atoms with van der Waals surface area (Å²) >= 11 is 1.62. The van der Waals surface area contributed by atoms with E-state index < -0.39 is 0 Å². The fourth-order valence-corrected chi connectivity index (χ4v) is 2.66. The van der Waals surface area contributed by atoms with Gasteiger partial charge in [0, 0.05) is 24.0 Å². The molecule has 5 nitrogen and oxygen atoms in total. The third kappa shape index (κ3) is 5.25. The molecule has 122 valence electrons. The maximum Gasteiger partial charge on any atom is 0.233 e. The molecule has 0 aliphatic heterocycles. The first kappa shape index (κ1) is 17.3. The van der Waals surface area contributed by atoms with Gasteiger partial charge in [-0.2, -0.15) is 0 Å². The smallest absolute Gasteiger partial charge is 0.233 e. The van der Waals surface area contributed by atoms with Crippen LogP contribution < -0.4 is 10.1 Å². The third-order valence-corrected chi connectivity index (χ3v) is 4.24. The predicted octanol–water partition coefficient (Wildman–Crippen LogP) is 3.34. The number of ether oxygens (including phenoxy) is 1. The highest BCUT2D eigenvalue weighted by atomic mass is 32.2. The van der Waals surface area contributed by atoms with Gasteiger partial charge in [0.05, 0.1) is 11.4 Å². The van der Waals surface area contributed by atoms with Gasteiger partial charge in [-0.05, 0) is 37.8 Å². The molecule has 1 amide bonds. The molecule has 2 rings (SSSR count). The van der Waals surface area contributed by atoms with Gasteiger partial charge in [-0.1, -0.05) is 13.0 Å². The van der Waals surface area contributed by atoms with Crippen molar-refractivity contribution in [1.82, 2.24) is 15.3 Å². The Morgan fingerprint density at radius 3 is 2.87 bits per heavy atom. The van der Waals surface area contributed by atoms with E-state index in [1.165, 1.54) is 0 Å². The van der Waals surface area contributed by atoms with Crippen molar-refractivity contribution in [2.75, 3.05) is 5.75 Å². The first-order chi connectivity index (χ1) is 11.1. The number of hydrogen-bond donors (Lipinski definition) is 1. The van der Waals surface area contributed by atoms with Crippen LogP contribution in [-0.4, -0.2) is 26.9 Å². The molecule has 0 saturated heterocycles. The Morgan fingerprint density at radius 2 is 2.17 bits per heavy atom. The van der Waals surface area contributed by atoms with Gasteiger partial charge in [0.15, 0.2) is 0 Å². The maximum atomic E-state index is 12.0. The summed E-state index contributed by atoms with van der Waals surface area (Å²) in [6.45, 7) is 6.25. The van der Waals surface area contributed by atoms with Crippen LogP contribution in [0.5, 0.6) is 11.6 Å². The van der Waals surface area contributed by atoms with Gasteiger partial charge in [0.1, 0.15) is 5.75 Å². The molecule has 23 heavy (non-hydrogen) atoms. The Labute approximate surface area is 140 Å². The molecule has 0 aliphatic rings. The molecular formula is C17H21N3O2S. The van der Waals surface area contributed by atoms with Gasteiger partial charge in [0.25, 0.3) is 0 Å². The van der Waals surface area contributed by atoms with E-state index in [-0.39, 0.29) is 11.2 Å². The molecule has 2 aromatic heterocycles. The Kier molecular flexibility index (Phi) is 6.40. The number of pyridine rings is 2. The lowest BCUT2D eigenvalue weighted by atomic mass is 10.2. The lowest BCUT2D eigenvalue weighted by molar-refractivity contribution is -0.120. The van der Waals surface area contributed by atoms with Crippen molar-refractivity contribution in [2.45, 2.75) is 32.6 Å². The van der Waals surface area contributed by atoms with E-state index in [1.54, 1.807) is 24.2 Å². The molecule has 0 fully saturated rings. The predicted molar refractivity (Wildman–Crippen MR) is 92.7 cm³/mol. The number of hydrogen-bond acceptors (Lipinski definition) is 5. The summed E-state index contributed by atoms with van der Waals surface area (Å²) in [5.74, 6) is 2.03. The molecule has 1 unspecified atom stereocenters. The first-order valence-electron chi connectivity index (χ1n) is 7.54. The van der Waals surface area contributed by atoms with Crippen molar-refractivity contribution in [3.8, 4) is 11.6 Å². The van der Waals surface area contributed by atoms with E-state index >= 15 is 0 Å². The van der Waals surface area contributed by atoms with Crippen LogP contribution >= 0.6 is 11.8 Å². The lowest BCUT2D eigenvalue weighted by Crippen LogP contribution is -2.30. The molecule has 1 atom stereocenters. The molecule has 0 bridgehead atoms. The van der Waals surface area contributed by atoms with Crippen LogP contribution in [0.15, 0.2) is 36.7 Å². The Bertz CT molecular complexity index is 647. The summed E-state index contributed by atoms with van der Waals surface area (Å²) in [6.07, 6.45) is 3.32. The van der Waals surface area contributed by atoms with Crippen LogP contribution in [0.1, 0.15) is 25.1 Å². The summed E-state index contributed by atoms with van der Waals surface area (Å²) in [5, 5.41) is 2.86. The van der Waals surface area contributed by atoms with Crippen LogP contribution in [0.25, 0.3) is 0 Å². The van der Waals surface area contributed by atoms with E-state index in [0.29, 0.717) is 18.2 Å². The van der Waals surface area contributed by atoms with Crippen molar-refractivity contribution < 1.29 is 9.53 Å². The number of rotatable bonds is 7. The SMILES string of the molecule is CCSC(C)C(=O)NCc1cccnc1Oc1ccc(C)nc1. The Balaban J connectivity index is 2.02. The Hall–Kier alpha value is -2.08. The number of nitrogens with zero attached hydrogens (tertiary/aromatic N) is 2. The topological polar surface area (TPSA) is 64.1 Å². The largest absolute Gasteiger partial charge is 0.437 e. The van der Waals surface area contributed by atoms with Gasteiger partial charge in [-0.3, -0.25) is 9.78 Å². The number of nitrogens with one attached hydrogen (secondary N) is 1. The number of amides is 1. The first-order valence-corrected chi connectivity index (χ1v) is 8.58. The normalized spacial score (nSPS) is 11.8. The van der Waals surface area contributed by atoms with Crippen LogP contribution in [0.3, 0.4) is 0 Å². The zero-order chi connectivity index (χ0) is 16.7. The average Bonchev–Trinajstić information content (AvgIpc) is 2.56. The molecule has 0 aliphatic carbocycles. The minimum Gasteiger partial charge on any atom is -0.437 e. The van der Waals surface area contributed by atoms with Crippen molar-refractivity contribution in [3.05, 3.63) is 47.9 Å². The fraction of sp³-hybridized carbons (Fsp3) is 0.353. The van der Waals surface area contributed by atoms with Crippen molar-refractivity contribution >= 4 is 17.7 Å². The second-order valence-electron chi connectivity index (χ2n) is 5.02. The molecule has 6 heteroatoms. The summed E-state index contributed by atoms with van der Waals surface area (Å²) in [7, 11) is 0. The van der Waals surface area contributed by atoms with E-state index in [9.17, 15) is 4.79 Å². The Morgan fingerprint density at radius 1 is 1.35 bits per heavy atom. The summed E-state index contributed by atoms with van der Waals surface area (Å²) in [6, 6.07) is 7.44. The molecule has 0 radical (unpaired) electrons. The number of carbonyl (C=O) groups is 1. The van der Waals surface area contributed by atoms with Gasteiger partial charge in [-0.25, -0.2) is 4.98 Å². The van der Waals surface area contributed by atoms with Crippen molar-refractivity contribution in [3.63, 3.8) is 0 Å². The standard InChI is InChI=1S/C17H21N3O2S/c1-4-23-13(3)16(21)20-10-14-6-5-9-18-17(14)22-15-8-7-12(2)19-11-15/h5-9,11,13H,4,10H2,1-3H3,(H,20,21). The van der Waals surface area contributed by atoms with Crippen LogP contribution in [0.2, 0.25) is 0 Å². The van der Waals surface area contributed by atoms with Crippen LogP contribution in [0, 0.1) is 6.92 Å². The summed E-state index contributed by atoms with van der Waals surface area (Å²) in [4.78, 5) is 20.5. The molecule has 0 saturated carbocycles. The van der Waals surface area contributed by atoms with Gasteiger partial charge < -0.3 is 10.1 Å². The zero-order valence-corrected chi connectivity index (χ0v) is 14.4. The number of aromatic nitrogens is 2. The molecule has 2 heterocycles. The average molecular weight is 331 g/mol. The number of thioether (sulfide) groups is 1. The van der Waals surface area contributed by atoms with E-state index in [0.717, 1.165) is 17.0 Å². The highest BCUT2D eigenvalue weighted by Crippen LogP contribution is 2.22. The van der Waals surface area contributed by atoms with Gasteiger partial charge >= 0.3 is 0 Å². The number of aryl methyl sites for hydroxylation is 1. The van der Waals surface area contributed by atoms with Crippen molar-refractivity contribution in [2.24, 2.45) is 0 Å². The third-order valence-electron chi connectivity index (χ3n) is 3.19. The quantitative estimate of drug-likeness (QED) is 0.843. The highest BCUT2D eigenvalue weighted by molar-refractivity contribution is 8.00. The van der Waals surface area contributed by atoms with Crippen molar-refractivity contribution in [1.29, 1.82) is 0 Å². The van der Waals surface area contributed by atoms with Crippen LogP contribution in [0.4, 0.5) is 0 Å². The minimum absolute atomic E-state index is 0.0173. The van der Waals surface area contributed by atoms with E-state index in [2.05, 4.69) is 15.3 Å². The van der Waals surface area contributed by atoms with Gasteiger partial charge in [0.2, 0.25) is 11.8 Å². The van der Waals surface area contributed by atoms with E-state index in [4.69, 9.17) is 4.74 Å². The fourth-order valence-electron chi connectivity index (χ4n) is 1.93. The van der Waals surface area contributed by atoms with E-state index in [1.807, 2.05) is 45.0 Å². The molecule has 2 aromatic rings. The summed E-state index contributed by atoms with van der Waals surface area (Å²) in [5.41, 5.74) is 1.75. The minimum atomic E-state index is -0.0673. The zero-order valence-electron chi connectivity index (χ0n) is 13.6. The van der Waals surface area contributed by atoms with Crippen LogP contribution in [-0.2, 0) is 11.3 Å². The summed E-state index contributed by atoms with van der Waals surface area (Å²) < 4.78 is 5.77. The molecular weight excluding hydrogens is 310 g/mol. The lowest BCUT2D eigenvalue weighted by Gasteiger charge is -2.13. The number of carbonyl (C=O) groups excluding carboxylic acids is 1. The second-order valence-corrected chi connectivity index (χ2v) is 6.64. The highest BCUT2D eigenvalue weighted by Gasteiger charge is 2.13. The second kappa shape index (κ2) is 8.53.